The number of rotatable bonds is 5. The lowest BCUT2D eigenvalue weighted by Gasteiger charge is -2.13. The van der Waals surface area contributed by atoms with E-state index in [1.807, 2.05) is 50.2 Å². The van der Waals surface area contributed by atoms with Gasteiger partial charge >= 0.3 is 5.63 Å². The summed E-state index contributed by atoms with van der Waals surface area (Å²) in [6.07, 6.45) is 1.97. The Bertz CT molecular complexity index is 1130. The molecule has 0 bridgehead atoms. The number of hydrogen-bond donors (Lipinski definition) is 1. The zero-order valence-corrected chi connectivity index (χ0v) is 15.3. The van der Waals surface area contributed by atoms with E-state index >= 15 is 0 Å². The maximum absolute atomic E-state index is 12.6. The molecule has 2 aromatic carbocycles. The Morgan fingerprint density at radius 1 is 1.07 bits per heavy atom. The fourth-order valence-electron chi connectivity index (χ4n) is 3.53. The molecule has 1 N–H and O–H groups in total. The van der Waals surface area contributed by atoms with Crippen LogP contribution in [0.1, 0.15) is 33.6 Å². The number of nitrogens with one attached hydrogen (secondary N) is 1. The lowest BCUT2D eigenvalue weighted by atomic mass is 9.94. The number of benzene rings is 2. The van der Waals surface area contributed by atoms with E-state index in [0.717, 1.165) is 34.1 Å². The van der Waals surface area contributed by atoms with E-state index < -0.39 is 0 Å². The second-order valence-corrected chi connectivity index (χ2v) is 6.78. The third-order valence-corrected chi connectivity index (χ3v) is 4.84. The first kappa shape index (κ1) is 17.1. The maximum Gasteiger partial charge on any atom is 0.340 e. The highest BCUT2D eigenvalue weighted by Crippen LogP contribution is 2.27. The molecular weight excluding hydrogens is 340 g/mol. The van der Waals surface area contributed by atoms with Gasteiger partial charge in [-0.15, -0.1) is 10.2 Å². The molecule has 0 unspecified atom stereocenters. The molecule has 6 nitrogen and oxygen atoms in total. The van der Waals surface area contributed by atoms with E-state index in [2.05, 4.69) is 26.7 Å². The van der Waals surface area contributed by atoms with Crippen LogP contribution in [-0.4, -0.2) is 20.6 Å². The van der Waals surface area contributed by atoms with Crippen molar-refractivity contribution in [3.63, 3.8) is 0 Å². The number of nitrogens with zero attached hydrogens (tertiary/aromatic N) is 3. The van der Waals surface area contributed by atoms with Gasteiger partial charge in [0.2, 0.25) is 0 Å². The highest BCUT2D eigenvalue weighted by atomic mass is 16.4. The van der Waals surface area contributed by atoms with Crippen LogP contribution in [0.5, 0.6) is 0 Å². The molecule has 27 heavy (non-hydrogen) atoms. The number of tetrazole rings is 1. The van der Waals surface area contributed by atoms with Gasteiger partial charge in [0, 0.05) is 23.8 Å². The Morgan fingerprint density at radius 3 is 2.63 bits per heavy atom. The van der Waals surface area contributed by atoms with Crippen molar-refractivity contribution in [2.75, 3.05) is 0 Å². The van der Waals surface area contributed by atoms with Gasteiger partial charge in [-0.1, -0.05) is 41.6 Å². The predicted octanol–water partition coefficient (Wildman–Crippen LogP) is 3.30. The van der Waals surface area contributed by atoms with Crippen molar-refractivity contribution in [2.24, 2.45) is 0 Å². The Balaban J connectivity index is 1.80. The molecule has 0 saturated carbocycles. The summed E-state index contributed by atoms with van der Waals surface area (Å²) in [4.78, 5) is 12.6. The number of hydrogen-bond acceptors (Lipinski definition) is 5. The minimum Gasteiger partial charge on any atom is -0.422 e. The summed E-state index contributed by atoms with van der Waals surface area (Å²) in [5.74, 6) is 0.671. The summed E-state index contributed by atoms with van der Waals surface area (Å²) in [7, 11) is 0. The molecule has 4 aromatic rings. The average molecular weight is 360 g/mol. The topological polar surface area (TPSA) is 84.7 Å². The van der Waals surface area contributed by atoms with Gasteiger partial charge in [-0.3, -0.25) is 0 Å². The summed E-state index contributed by atoms with van der Waals surface area (Å²) in [6.45, 7) is 4.01. The molecule has 0 radical (unpaired) electrons. The number of fused-ring (bicyclic) bond motifs is 1. The standard InChI is InChI=1S/C21H20N4O2/c1-13-10-16(8-9-19-22-24-25-23-19)20-14(2)17(21(26)27-18(20)11-13)12-15-6-4-3-5-7-15/h3-7,10-11H,8-9,12H2,1-2H3,(H,22,23,24,25). The first-order valence-corrected chi connectivity index (χ1v) is 8.94. The van der Waals surface area contributed by atoms with E-state index in [9.17, 15) is 4.79 Å². The van der Waals surface area contributed by atoms with Crippen LogP contribution in [0, 0.1) is 13.8 Å². The van der Waals surface area contributed by atoms with E-state index in [1.54, 1.807) is 0 Å². The van der Waals surface area contributed by atoms with Crippen molar-refractivity contribution >= 4 is 11.0 Å². The van der Waals surface area contributed by atoms with E-state index in [0.29, 0.717) is 29.8 Å². The van der Waals surface area contributed by atoms with E-state index in [-0.39, 0.29) is 5.63 Å². The van der Waals surface area contributed by atoms with Crippen molar-refractivity contribution in [2.45, 2.75) is 33.1 Å². The Labute approximate surface area is 156 Å². The molecule has 0 aliphatic heterocycles. The van der Waals surface area contributed by atoms with Gasteiger partial charge in [0.05, 0.1) is 0 Å². The molecular formula is C21H20N4O2. The second kappa shape index (κ2) is 7.15. The monoisotopic (exact) mass is 360 g/mol. The van der Waals surface area contributed by atoms with Crippen LogP contribution in [-0.2, 0) is 19.3 Å². The van der Waals surface area contributed by atoms with Crippen LogP contribution < -0.4 is 5.63 Å². The van der Waals surface area contributed by atoms with E-state index in [4.69, 9.17) is 4.42 Å². The molecule has 6 heteroatoms. The molecule has 0 spiro atoms. The molecule has 0 saturated heterocycles. The lowest BCUT2D eigenvalue weighted by Crippen LogP contribution is -2.12. The molecule has 0 amide bonds. The third-order valence-electron chi connectivity index (χ3n) is 4.84. The third kappa shape index (κ3) is 3.51. The highest BCUT2D eigenvalue weighted by Gasteiger charge is 2.16. The van der Waals surface area contributed by atoms with Crippen LogP contribution >= 0.6 is 0 Å². The molecule has 136 valence electrons. The van der Waals surface area contributed by atoms with E-state index in [1.165, 1.54) is 0 Å². The summed E-state index contributed by atoms with van der Waals surface area (Å²) in [5, 5.41) is 15.1. The molecule has 0 aliphatic rings. The Morgan fingerprint density at radius 2 is 1.89 bits per heavy atom. The number of aromatic amines is 1. The van der Waals surface area contributed by atoms with Crippen molar-refractivity contribution in [1.82, 2.24) is 20.6 Å². The maximum atomic E-state index is 12.6. The minimum absolute atomic E-state index is 0.265. The first-order chi connectivity index (χ1) is 13.1. The molecule has 0 aliphatic carbocycles. The highest BCUT2D eigenvalue weighted by molar-refractivity contribution is 5.85. The average Bonchev–Trinajstić information content (AvgIpc) is 3.17. The molecule has 2 aromatic heterocycles. The number of H-pyrrole nitrogens is 1. The smallest absolute Gasteiger partial charge is 0.340 e. The van der Waals surface area contributed by atoms with Crippen LogP contribution in [0.2, 0.25) is 0 Å². The Hall–Kier alpha value is -3.28. The number of aryl methyl sites for hydroxylation is 4. The van der Waals surface area contributed by atoms with Crippen molar-refractivity contribution < 1.29 is 4.42 Å². The zero-order chi connectivity index (χ0) is 18.8. The van der Waals surface area contributed by atoms with Gasteiger partial charge < -0.3 is 4.42 Å². The van der Waals surface area contributed by atoms with Gasteiger partial charge in [-0.2, -0.15) is 5.21 Å². The van der Waals surface area contributed by atoms with Gasteiger partial charge in [-0.05, 0) is 48.6 Å². The fraction of sp³-hybridized carbons (Fsp3) is 0.238. The second-order valence-electron chi connectivity index (χ2n) is 6.78. The summed E-state index contributed by atoms with van der Waals surface area (Å²) in [6, 6.07) is 14.0. The van der Waals surface area contributed by atoms with Crippen LogP contribution in [0.3, 0.4) is 0 Å². The SMILES string of the molecule is Cc1cc(CCc2nn[nH]n2)c2c(C)c(Cc3ccccc3)c(=O)oc2c1. The summed E-state index contributed by atoms with van der Waals surface area (Å²) < 4.78 is 5.70. The predicted molar refractivity (Wildman–Crippen MR) is 103 cm³/mol. The molecule has 0 atom stereocenters. The van der Waals surface area contributed by atoms with Gasteiger partial charge in [0.1, 0.15) is 5.58 Å². The van der Waals surface area contributed by atoms with Gasteiger partial charge in [0.15, 0.2) is 5.82 Å². The van der Waals surface area contributed by atoms with Crippen LogP contribution in [0.15, 0.2) is 51.7 Å². The first-order valence-electron chi connectivity index (χ1n) is 8.94. The molecule has 0 fully saturated rings. The molecule has 4 rings (SSSR count). The fourth-order valence-corrected chi connectivity index (χ4v) is 3.53. The van der Waals surface area contributed by atoms with Gasteiger partial charge in [-0.25, -0.2) is 4.79 Å². The lowest BCUT2D eigenvalue weighted by molar-refractivity contribution is 0.550. The van der Waals surface area contributed by atoms with Crippen LogP contribution in [0.25, 0.3) is 11.0 Å². The van der Waals surface area contributed by atoms with Crippen LogP contribution in [0.4, 0.5) is 0 Å². The quantitative estimate of drug-likeness (QED) is 0.552. The zero-order valence-electron chi connectivity index (χ0n) is 15.3. The Kier molecular flexibility index (Phi) is 4.54. The normalized spacial score (nSPS) is 11.2. The number of aromatic nitrogens is 4. The molecule has 2 heterocycles. The van der Waals surface area contributed by atoms with Crippen molar-refractivity contribution in [3.8, 4) is 0 Å². The van der Waals surface area contributed by atoms with Gasteiger partial charge in [0.25, 0.3) is 0 Å². The minimum atomic E-state index is -0.265. The largest absolute Gasteiger partial charge is 0.422 e. The summed E-state index contributed by atoms with van der Waals surface area (Å²) in [5.41, 5.74) is 5.34. The van der Waals surface area contributed by atoms with Crippen molar-refractivity contribution in [3.05, 3.63) is 86.5 Å². The van der Waals surface area contributed by atoms with Crippen molar-refractivity contribution in [1.29, 1.82) is 0 Å². The summed E-state index contributed by atoms with van der Waals surface area (Å²) >= 11 is 0.